The zero-order valence-electron chi connectivity index (χ0n) is 9.75. The fourth-order valence-electron chi connectivity index (χ4n) is 1.90. The summed E-state index contributed by atoms with van der Waals surface area (Å²) in [5.41, 5.74) is 0. The van der Waals surface area contributed by atoms with Crippen LogP contribution in [0.2, 0.25) is 0 Å². The van der Waals surface area contributed by atoms with Gasteiger partial charge in [-0.3, -0.25) is 4.79 Å². The molecule has 2 atom stereocenters. The third kappa shape index (κ3) is 3.20. The van der Waals surface area contributed by atoms with Gasteiger partial charge in [-0.1, -0.05) is 0 Å². The molecule has 0 spiro atoms. The summed E-state index contributed by atoms with van der Waals surface area (Å²) < 4.78 is 24.2. The average molecular weight is 248 g/mol. The van der Waals surface area contributed by atoms with Crippen molar-refractivity contribution in [1.82, 2.24) is 9.12 Å². The summed E-state index contributed by atoms with van der Waals surface area (Å²) in [7, 11) is -1.41. The zero-order chi connectivity index (χ0) is 12.5. The fourth-order valence-corrected chi connectivity index (χ4v) is 2.83. The molecule has 1 aliphatic rings. The summed E-state index contributed by atoms with van der Waals surface area (Å²) in [4.78, 5) is 12.6. The quantitative estimate of drug-likeness (QED) is 0.605. The van der Waals surface area contributed by atoms with Gasteiger partial charge in [-0.05, 0) is 6.92 Å². The normalized spacial score (nSPS) is 29.1. The molecule has 0 aliphatic carbocycles. The molecular formula is C8H17BN2O4S. The van der Waals surface area contributed by atoms with E-state index in [1.54, 1.807) is 0 Å². The molecule has 16 heavy (non-hydrogen) atoms. The Morgan fingerprint density at radius 1 is 1.50 bits per heavy atom. The lowest BCUT2D eigenvalue weighted by Crippen LogP contribution is -2.58. The molecule has 1 aliphatic heterocycles. The highest BCUT2D eigenvalue weighted by molar-refractivity contribution is 7.88. The van der Waals surface area contributed by atoms with Crippen LogP contribution in [0.25, 0.3) is 0 Å². The largest absolute Gasteiger partial charge is 0.481 e. The Labute approximate surface area is 96.7 Å². The number of sulfonamides is 1. The Hall–Kier alpha value is -0.595. The minimum absolute atomic E-state index is 0.0349. The minimum Gasteiger partial charge on any atom is -0.481 e. The van der Waals surface area contributed by atoms with Crippen LogP contribution >= 0.6 is 0 Å². The zero-order valence-corrected chi connectivity index (χ0v) is 10.6. The van der Waals surface area contributed by atoms with Gasteiger partial charge in [0.15, 0.2) is 7.98 Å². The third-order valence-corrected chi connectivity index (χ3v) is 4.27. The average Bonchev–Trinajstić information content (AvgIpc) is 2.10. The van der Waals surface area contributed by atoms with Gasteiger partial charge in [0.05, 0.1) is 12.7 Å². The van der Waals surface area contributed by atoms with Crippen molar-refractivity contribution in [2.24, 2.45) is 0 Å². The molecule has 92 valence electrons. The van der Waals surface area contributed by atoms with E-state index in [4.69, 9.17) is 5.11 Å². The number of rotatable bonds is 3. The molecule has 1 N–H and O–H groups in total. The number of carboxylic acids is 1. The Morgan fingerprint density at radius 3 is 2.50 bits per heavy atom. The molecule has 0 amide bonds. The summed E-state index contributed by atoms with van der Waals surface area (Å²) in [5, 5.41) is 8.76. The number of carboxylic acid groups (broad SMARTS) is 1. The number of hydrogen-bond acceptors (Lipinski definition) is 4. The summed E-state index contributed by atoms with van der Waals surface area (Å²) in [5.74, 6) is -0.903. The third-order valence-electron chi connectivity index (χ3n) is 3.03. The van der Waals surface area contributed by atoms with Crippen LogP contribution in [0.1, 0.15) is 13.3 Å². The van der Waals surface area contributed by atoms with Gasteiger partial charge in [-0.25, -0.2) is 8.42 Å². The van der Waals surface area contributed by atoms with Gasteiger partial charge in [-0.2, -0.15) is 4.31 Å². The number of aliphatic carboxylic acids is 1. The maximum absolute atomic E-state index is 11.4. The second kappa shape index (κ2) is 4.73. The van der Waals surface area contributed by atoms with E-state index in [1.807, 2.05) is 19.7 Å². The molecule has 0 aromatic heterocycles. The van der Waals surface area contributed by atoms with E-state index in [0.717, 1.165) is 6.26 Å². The van der Waals surface area contributed by atoms with Gasteiger partial charge in [0.25, 0.3) is 0 Å². The van der Waals surface area contributed by atoms with Gasteiger partial charge in [-0.15, -0.1) is 0 Å². The maximum Gasteiger partial charge on any atom is 0.304 e. The first-order chi connectivity index (χ1) is 7.21. The van der Waals surface area contributed by atoms with Crippen LogP contribution in [0, 0.1) is 0 Å². The first-order valence-corrected chi connectivity index (χ1v) is 6.95. The van der Waals surface area contributed by atoms with Crippen LogP contribution in [0.4, 0.5) is 0 Å². The molecule has 8 heteroatoms. The molecular weight excluding hydrogens is 231 g/mol. The Bertz CT molecular complexity index is 372. The predicted octanol–water partition coefficient (Wildman–Crippen LogP) is -1.66. The molecule has 1 saturated heterocycles. The van der Waals surface area contributed by atoms with E-state index in [2.05, 4.69) is 0 Å². The number of nitrogens with zero attached hydrogens (tertiary/aromatic N) is 2. The monoisotopic (exact) mass is 248 g/mol. The van der Waals surface area contributed by atoms with Crippen LogP contribution in [0.5, 0.6) is 0 Å². The number of piperazine rings is 1. The Morgan fingerprint density at radius 2 is 2.06 bits per heavy atom. The van der Waals surface area contributed by atoms with Crippen LogP contribution in [0.15, 0.2) is 0 Å². The van der Waals surface area contributed by atoms with E-state index >= 15 is 0 Å². The lowest BCUT2D eigenvalue weighted by molar-refractivity contribution is -0.138. The van der Waals surface area contributed by atoms with Gasteiger partial charge in [0.2, 0.25) is 10.0 Å². The van der Waals surface area contributed by atoms with E-state index in [-0.39, 0.29) is 25.0 Å². The molecule has 0 aromatic carbocycles. The van der Waals surface area contributed by atoms with Crippen LogP contribution in [-0.4, -0.2) is 68.0 Å². The smallest absolute Gasteiger partial charge is 0.304 e. The molecule has 2 unspecified atom stereocenters. The molecule has 1 rings (SSSR count). The molecule has 1 fully saturated rings. The van der Waals surface area contributed by atoms with Crippen molar-refractivity contribution in [3.63, 3.8) is 0 Å². The molecule has 1 heterocycles. The molecule has 0 radical (unpaired) electrons. The second-order valence-electron chi connectivity index (χ2n) is 4.35. The number of hydrogen-bond donors (Lipinski definition) is 1. The highest BCUT2D eigenvalue weighted by atomic mass is 32.2. The van der Waals surface area contributed by atoms with Crippen molar-refractivity contribution in [1.29, 1.82) is 0 Å². The van der Waals surface area contributed by atoms with E-state index in [1.165, 1.54) is 4.31 Å². The highest BCUT2D eigenvalue weighted by Gasteiger charge is 2.34. The summed E-state index contributed by atoms with van der Waals surface area (Å²) >= 11 is 0. The minimum atomic E-state index is -3.24. The SMILES string of the molecule is BN1C(C)CN(S(C)(=O)=O)CC1CC(=O)O. The maximum atomic E-state index is 11.4. The van der Waals surface area contributed by atoms with E-state index in [9.17, 15) is 13.2 Å². The van der Waals surface area contributed by atoms with Crippen LogP contribution in [-0.2, 0) is 14.8 Å². The summed E-state index contributed by atoms with van der Waals surface area (Å²) in [6.45, 7) is 2.57. The topological polar surface area (TPSA) is 77.9 Å². The van der Waals surface area contributed by atoms with Gasteiger partial charge in [0.1, 0.15) is 0 Å². The standard InChI is InChI=1S/C8H17BN2O4S/c1-6-4-10(16(2,14)15)5-7(11(6)9)3-8(12)13/h6-7H,3-5,9H2,1-2H3,(H,12,13). The van der Waals surface area contributed by atoms with Crippen molar-refractivity contribution in [3.05, 3.63) is 0 Å². The van der Waals surface area contributed by atoms with Crippen molar-refractivity contribution in [2.75, 3.05) is 19.3 Å². The van der Waals surface area contributed by atoms with E-state index in [0.29, 0.717) is 6.54 Å². The van der Waals surface area contributed by atoms with Gasteiger partial charge >= 0.3 is 5.97 Å². The molecule has 0 saturated carbocycles. The summed E-state index contributed by atoms with van der Waals surface area (Å²) in [6, 6.07) is -0.219. The van der Waals surface area contributed by atoms with Crippen molar-refractivity contribution in [3.8, 4) is 0 Å². The van der Waals surface area contributed by atoms with E-state index < -0.39 is 16.0 Å². The second-order valence-corrected chi connectivity index (χ2v) is 6.33. The van der Waals surface area contributed by atoms with Crippen molar-refractivity contribution < 1.29 is 18.3 Å². The highest BCUT2D eigenvalue weighted by Crippen LogP contribution is 2.17. The fraction of sp³-hybridized carbons (Fsp3) is 0.875. The Balaban J connectivity index is 2.81. The lowest BCUT2D eigenvalue weighted by atomic mass is 10.0. The molecule has 0 bridgehead atoms. The summed E-state index contributed by atoms with van der Waals surface area (Å²) in [6.07, 6.45) is 1.12. The van der Waals surface area contributed by atoms with Crippen LogP contribution in [0.3, 0.4) is 0 Å². The lowest BCUT2D eigenvalue weighted by Gasteiger charge is -2.42. The van der Waals surface area contributed by atoms with Gasteiger partial charge in [0, 0.05) is 25.2 Å². The van der Waals surface area contributed by atoms with Crippen molar-refractivity contribution >= 4 is 24.0 Å². The molecule has 0 aromatic rings. The van der Waals surface area contributed by atoms with Gasteiger partial charge < -0.3 is 9.92 Å². The first-order valence-electron chi connectivity index (χ1n) is 5.10. The van der Waals surface area contributed by atoms with Crippen LogP contribution < -0.4 is 0 Å². The molecule has 6 nitrogen and oxygen atoms in total. The Kier molecular flexibility index (Phi) is 3.98. The van der Waals surface area contributed by atoms with Crippen molar-refractivity contribution in [2.45, 2.75) is 25.4 Å². The first kappa shape index (κ1) is 13.5. The number of carbonyl (C=O) groups is 1. The predicted molar refractivity (Wildman–Crippen MR) is 62.3 cm³/mol.